The van der Waals surface area contributed by atoms with Crippen LogP contribution in [-0.4, -0.2) is 28.1 Å². The van der Waals surface area contributed by atoms with Gasteiger partial charge in [0.1, 0.15) is 5.69 Å². The van der Waals surface area contributed by atoms with E-state index in [2.05, 4.69) is 5.32 Å². The average Bonchev–Trinajstić information content (AvgIpc) is 3.47. The number of nitrogens with one attached hydrogen (secondary N) is 1. The molecular weight excluding hydrogens is 412 g/mol. The highest BCUT2D eigenvalue weighted by molar-refractivity contribution is 6.08. The van der Waals surface area contributed by atoms with E-state index in [4.69, 9.17) is 5.10 Å². The fraction of sp³-hybridized carbons (Fsp3) is 0.148. The zero-order chi connectivity index (χ0) is 22.8. The van der Waals surface area contributed by atoms with E-state index in [9.17, 15) is 9.59 Å². The van der Waals surface area contributed by atoms with Crippen LogP contribution in [0.3, 0.4) is 0 Å². The number of para-hydroxylation sites is 1. The molecule has 2 heterocycles. The molecule has 1 aromatic heterocycles. The first-order chi connectivity index (χ1) is 16.1. The van der Waals surface area contributed by atoms with E-state index in [1.54, 1.807) is 15.8 Å². The van der Waals surface area contributed by atoms with Gasteiger partial charge in [-0.2, -0.15) is 5.10 Å². The molecule has 1 aliphatic heterocycles. The Kier molecular flexibility index (Phi) is 5.48. The van der Waals surface area contributed by atoms with Gasteiger partial charge in [-0.05, 0) is 55.3 Å². The highest BCUT2D eigenvalue weighted by Gasteiger charge is 2.22. The van der Waals surface area contributed by atoms with E-state index >= 15 is 0 Å². The van der Waals surface area contributed by atoms with Crippen LogP contribution < -0.4 is 10.2 Å². The molecule has 0 saturated carbocycles. The third-order valence-electron chi connectivity index (χ3n) is 5.89. The molecule has 0 spiro atoms. The number of carbonyl (C=O) groups excluding carboxylic acids is 2. The van der Waals surface area contributed by atoms with Gasteiger partial charge in [-0.1, -0.05) is 42.5 Å². The zero-order valence-corrected chi connectivity index (χ0v) is 18.4. The molecule has 2 amide bonds. The number of aryl methyl sites for hydroxylation is 1. The molecule has 33 heavy (non-hydrogen) atoms. The molecule has 5 rings (SSSR count). The van der Waals surface area contributed by atoms with Gasteiger partial charge in [0, 0.05) is 36.1 Å². The molecule has 0 aliphatic carbocycles. The molecule has 0 atom stereocenters. The normalized spacial score (nSPS) is 13.4. The Labute approximate surface area is 192 Å². The number of rotatable bonds is 5. The van der Waals surface area contributed by atoms with Crippen LogP contribution in [0.1, 0.15) is 28.8 Å². The topological polar surface area (TPSA) is 67.2 Å². The maximum atomic E-state index is 13.3. The molecule has 6 heteroatoms. The second kappa shape index (κ2) is 8.74. The summed E-state index contributed by atoms with van der Waals surface area (Å²) in [5, 5.41) is 7.75. The summed E-state index contributed by atoms with van der Waals surface area (Å²) in [5.41, 5.74) is 5.49. The Bertz CT molecular complexity index is 1310. The van der Waals surface area contributed by atoms with Crippen LogP contribution in [-0.2, 0) is 4.79 Å². The summed E-state index contributed by atoms with van der Waals surface area (Å²) >= 11 is 0. The molecule has 164 valence electrons. The van der Waals surface area contributed by atoms with Crippen molar-refractivity contribution in [2.45, 2.75) is 19.8 Å². The van der Waals surface area contributed by atoms with E-state index in [0.29, 0.717) is 23.4 Å². The minimum Gasteiger partial charge on any atom is -0.322 e. The van der Waals surface area contributed by atoms with Crippen molar-refractivity contribution in [1.82, 2.24) is 9.78 Å². The maximum absolute atomic E-state index is 13.3. The van der Waals surface area contributed by atoms with Crippen LogP contribution in [0, 0.1) is 6.92 Å². The van der Waals surface area contributed by atoms with Gasteiger partial charge < -0.3 is 10.2 Å². The average molecular weight is 437 g/mol. The minimum atomic E-state index is -0.236. The molecule has 1 aliphatic rings. The van der Waals surface area contributed by atoms with Crippen molar-refractivity contribution in [1.29, 1.82) is 0 Å². The fourth-order valence-electron chi connectivity index (χ4n) is 4.13. The van der Waals surface area contributed by atoms with Crippen molar-refractivity contribution < 1.29 is 9.59 Å². The summed E-state index contributed by atoms with van der Waals surface area (Å²) < 4.78 is 1.73. The van der Waals surface area contributed by atoms with Gasteiger partial charge in [-0.3, -0.25) is 9.59 Å². The van der Waals surface area contributed by atoms with Gasteiger partial charge in [0.2, 0.25) is 5.91 Å². The molecule has 6 nitrogen and oxygen atoms in total. The third-order valence-corrected chi connectivity index (χ3v) is 5.89. The Hall–Kier alpha value is -4.19. The number of nitrogens with zero attached hydrogens (tertiary/aromatic N) is 3. The largest absolute Gasteiger partial charge is 0.322 e. The van der Waals surface area contributed by atoms with Crippen LogP contribution in [0.25, 0.3) is 16.9 Å². The summed E-state index contributed by atoms with van der Waals surface area (Å²) in [4.78, 5) is 27.1. The van der Waals surface area contributed by atoms with E-state index in [-0.39, 0.29) is 11.8 Å². The standard InChI is InChI=1S/C27H24N4O2/c1-19-8-5-6-11-23(19)26-24(18-31(29-26)22-9-3-2-4-10-22)27(33)28-20-13-15-21(16-14-20)30-17-7-12-25(30)32/h2-6,8-11,13-16,18H,7,12,17H2,1H3,(H,28,33). The van der Waals surface area contributed by atoms with Gasteiger partial charge in [0.25, 0.3) is 5.91 Å². The van der Waals surface area contributed by atoms with Crippen molar-refractivity contribution in [3.05, 3.63) is 96.2 Å². The van der Waals surface area contributed by atoms with Gasteiger partial charge in [0.15, 0.2) is 0 Å². The predicted octanol–water partition coefficient (Wildman–Crippen LogP) is 5.23. The minimum absolute atomic E-state index is 0.142. The van der Waals surface area contributed by atoms with Crippen LogP contribution in [0.2, 0.25) is 0 Å². The van der Waals surface area contributed by atoms with Crippen molar-refractivity contribution in [2.24, 2.45) is 0 Å². The second-order valence-corrected chi connectivity index (χ2v) is 8.14. The van der Waals surface area contributed by atoms with Crippen LogP contribution in [0.15, 0.2) is 85.1 Å². The highest BCUT2D eigenvalue weighted by Crippen LogP contribution is 2.28. The van der Waals surface area contributed by atoms with Gasteiger partial charge in [-0.15, -0.1) is 0 Å². The third kappa shape index (κ3) is 4.15. The first-order valence-corrected chi connectivity index (χ1v) is 11.0. The second-order valence-electron chi connectivity index (χ2n) is 8.14. The Balaban J connectivity index is 1.46. The lowest BCUT2D eigenvalue weighted by Gasteiger charge is -2.16. The lowest BCUT2D eigenvalue weighted by atomic mass is 10.0. The van der Waals surface area contributed by atoms with Gasteiger partial charge in [-0.25, -0.2) is 4.68 Å². The number of anilines is 2. The first-order valence-electron chi connectivity index (χ1n) is 11.0. The van der Waals surface area contributed by atoms with Crippen LogP contribution >= 0.6 is 0 Å². The summed E-state index contributed by atoms with van der Waals surface area (Å²) in [6, 6.07) is 25.0. The molecule has 0 radical (unpaired) electrons. The van der Waals surface area contributed by atoms with E-state index in [1.165, 1.54) is 0 Å². The van der Waals surface area contributed by atoms with Crippen molar-refractivity contribution in [3.63, 3.8) is 0 Å². The molecular formula is C27H24N4O2. The molecule has 0 unspecified atom stereocenters. The zero-order valence-electron chi connectivity index (χ0n) is 18.4. The van der Waals surface area contributed by atoms with Crippen LogP contribution in [0.4, 0.5) is 11.4 Å². The molecule has 3 aromatic carbocycles. The van der Waals surface area contributed by atoms with Gasteiger partial charge in [0.05, 0.1) is 11.3 Å². The number of hydrogen-bond acceptors (Lipinski definition) is 3. The fourth-order valence-corrected chi connectivity index (χ4v) is 4.13. The number of amides is 2. The molecule has 1 N–H and O–H groups in total. The lowest BCUT2D eigenvalue weighted by molar-refractivity contribution is -0.117. The summed E-state index contributed by atoms with van der Waals surface area (Å²) in [7, 11) is 0. The summed E-state index contributed by atoms with van der Waals surface area (Å²) in [6.07, 6.45) is 3.24. The number of benzene rings is 3. The highest BCUT2D eigenvalue weighted by atomic mass is 16.2. The number of aromatic nitrogens is 2. The smallest absolute Gasteiger partial charge is 0.259 e. The predicted molar refractivity (Wildman–Crippen MR) is 130 cm³/mol. The van der Waals surface area contributed by atoms with Crippen molar-refractivity contribution >= 4 is 23.2 Å². The number of carbonyl (C=O) groups is 2. The number of hydrogen-bond donors (Lipinski definition) is 1. The molecule has 1 fully saturated rings. The molecule has 1 saturated heterocycles. The Morgan fingerprint density at radius 3 is 2.33 bits per heavy atom. The SMILES string of the molecule is Cc1ccccc1-c1nn(-c2ccccc2)cc1C(=O)Nc1ccc(N2CCCC2=O)cc1. The van der Waals surface area contributed by atoms with Gasteiger partial charge >= 0.3 is 0 Å². The molecule has 4 aromatic rings. The Morgan fingerprint density at radius 2 is 1.64 bits per heavy atom. The van der Waals surface area contributed by atoms with E-state index in [1.807, 2.05) is 85.8 Å². The first kappa shape index (κ1) is 20.7. The van der Waals surface area contributed by atoms with E-state index < -0.39 is 0 Å². The van der Waals surface area contributed by atoms with E-state index in [0.717, 1.165) is 35.5 Å². The van der Waals surface area contributed by atoms with Crippen molar-refractivity contribution in [2.75, 3.05) is 16.8 Å². The summed E-state index contributed by atoms with van der Waals surface area (Å²) in [6.45, 7) is 2.75. The summed E-state index contributed by atoms with van der Waals surface area (Å²) in [5.74, 6) is -0.0941. The monoisotopic (exact) mass is 436 g/mol. The van der Waals surface area contributed by atoms with Crippen LogP contribution in [0.5, 0.6) is 0 Å². The quantitative estimate of drug-likeness (QED) is 0.466. The maximum Gasteiger partial charge on any atom is 0.259 e. The van der Waals surface area contributed by atoms with Crippen molar-refractivity contribution in [3.8, 4) is 16.9 Å². The lowest BCUT2D eigenvalue weighted by Crippen LogP contribution is -2.23. The Morgan fingerprint density at radius 1 is 0.909 bits per heavy atom. The molecule has 0 bridgehead atoms.